The summed E-state index contributed by atoms with van der Waals surface area (Å²) in [6.07, 6.45) is 2.46. The average molecular weight is 439 g/mol. The van der Waals surface area contributed by atoms with Crippen LogP contribution in [-0.2, 0) is 26.4 Å². The molecule has 30 heavy (non-hydrogen) atoms. The first-order chi connectivity index (χ1) is 13.9. The molecule has 1 saturated heterocycles. The molecule has 2 aromatic heterocycles. The predicted molar refractivity (Wildman–Crippen MR) is 116 cm³/mol. The second-order valence-electron chi connectivity index (χ2n) is 7.52. The molecule has 2 unspecified atom stereocenters. The van der Waals surface area contributed by atoms with Crippen LogP contribution in [-0.4, -0.2) is 74.2 Å². The van der Waals surface area contributed by atoms with Crippen molar-refractivity contribution >= 4 is 51.8 Å². The van der Waals surface area contributed by atoms with Gasteiger partial charge in [0.15, 0.2) is 11.5 Å². The molecule has 1 aliphatic rings. The summed E-state index contributed by atoms with van der Waals surface area (Å²) in [5, 5.41) is 0.458. The Bertz CT molecular complexity index is 964. The molecule has 2 atom stereocenters. The van der Waals surface area contributed by atoms with Crippen LogP contribution >= 0.6 is 0 Å². The Kier molecular flexibility index (Phi) is 7.84. The van der Waals surface area contributed by atoms with Crippen molar-refractivity contribution in [2.24, 2.45) is 0 Å². The molecule has 0 spiro atoms. The number of nitrogens with zero attached hydrogens (tertiary/aromatic N) is 2. The maximum absolute atomic E-state index is 12.8. The van der Waals surface area contributed by atoms with Gasteiger partial charge in [0.2, 0.25) is 0 Å². The summed E-state index contributed by atoms with van der Waals surface area (Å²) in [4.78, 5) is 12.0. The maximum Gasteiger partial charge on any atom is 0.322 e. The quantitative estimate of drug-likeness (QED) is 0.450. The SMILES string of the molecule is Cc1c(OCCC2COC(C)(C)O2)ccnc1C[S+]([O-])c1nc2ccccc2[nH]1.[Na]. The van der Waals surface area contributed by atoms with E-state index in [1.54, 1.807) is 6.20 Å². The van der Waals surface area contributed by atoms with Crippen LogP contribution in [0.25, 0.3) is 11.0 Å². The van der Waals surface area contributed by atoms with Crippen LogP contribution in [0.15, 0.2) is 41.7 Å². The Labute approximate surface area is 201 Å². The fourth-order valence-electron chi connectivity index (χ4n) is 3.30. The van der Waals surface area contributed by atoms with Crippen LogP contribution in [0.3, 0.4) is 0 Å². The molecule has 9 heteroatoms. The molecule has 1 fully saturated rings. The first kappa shape index (κ1) is 23.5. The third-order valence-electron chi connectivity index (χ3n) is 4.87. The van der Waals surface area contributed by atoms with Gasteiger partial charge in [0.25, 0.3) is 0 Å². The van der Waals surface area contributed by atoms with Gasteiger partial charge in [-0.1, -0.05) is 12.1 Å². The standard InChI is InChI=1S/C21H25N3O4S.Na/c1-14-18(13-29(25)20-23-16-6-4-5-7-17(16)24-20)22-10-8-19(14)26-11-9-15-12-27-21(2,3)28-15;/h4-8,10,15H,9,11-13H2,1-3H3,(H,23,24);. The Morgan fingerprint density at radius 3 is 2.83 bits per heavy atom. The van der Waals surface area contributed by atoms with Crippen molar-refractivity contribution in [3.63, 3.8) is 0 Å². The van der Waals surface area contributed by atoms with E-state index in [4.69, 9.17) is 14.2 Å². The van der Waals surface area contributed by atoms with E-state index in [0.717, 1.165) is 34.5 Å². The van der Waals surface area contributed by atoms with Crippen LogP contribution < -0.4 is 4.74 Å². The van der Waals surface area contributed by atoms with Crippen molar-refractivity contribution in [3.05, 3.63) is 47.8 Å². The van der Waals surface area contributed by atoms with Crippen LogP contribution in [0.4, 0.5) is 0 Å². The van der Waals surface area contributed by atoms with Gasteiger partial charge in [-0.15, -0.1) is 0 Å². The summed E-state index contributed by atoms with van der Waals surface area (Å²) in [6.45, 7) is 6.85. The van der Waals surface area contributed by atoms with E-state index in [1.165, 1.54) is 0 Å². The molecule has 1 aliphatic heterocycles. The smallest absolute Gasteiger partial charge is 0.322 e. The zero-order valence-corrected chi connectivity index (χ0v) is 20.6. The number of ether oxygens (including phenoxy) is 3. The molecule has 3 aromatic rings. The fraction of sp³-hybridized carbons (Fsp3) is 0.429. The van der Waals surface area contributed by atoms with E-state index in [-0.39, 0.29) is 41.4 Å². The summed E-state index contributed by atoms with van der Waals surface area (Å²) >= 11 is -1.32. The topological polar surface area (TPSA) is 92.3 Å². The van der Waals surface area contributed by atoms with E-state index >= 15 is 0 Å². The molecule has 0 saturated carbocycles. The van der Waals surface area contributed by atoms with Gasteiger partial charge in [0, 0.05) is 58.9 Å². The Morgan fingerprint density at radius 1 is 1.30 bits per heavy atom. The van der Waals surface area contributed by atoms with Crippen LogP contribution in [0.1, 0.15) is 31.5 Å². The van der Waals surface area contributed by atoms with Gasteiger partial charge in [-0.2, -0.15) is 4.98 Å². The Balaban J connectivity index is 0.00000256. The Morgan fingerprint density at radius 2 is 2.10 bits per heavy atom. The number of imidazole rings is 1. The molecule has 0 bridgehead atoms. The summed E-state index contributed by atoms with van der Waals surface area (Å²) in [6, 6.07) is 9.47. The minimum absolute atomic E-state index is 0. The van der Waals surface area contributed by atoms with Gasteiger partial charge in [-0.25, -0.2) is 0 Å². The molecular formula is C21H25N3NaO4S. The van der Waals surface area contributed by atoms with Crippen LogP contribution in [0.5, 0.6) is 5.75 Å². The molecule has 0 amide bonds. The molecule has 3 heterocycles. The molecule has 1 radical (unpaired) electrons. The minimum Gasteiger partial charge on any atom is -0.609 e. The molecule has 155 valence electrons. The van der Waals surface area contributed by atoms with E-state index in [9.17, 15) is 4.55 Å². The molecule has 0 aliphatic carbocycles. The first-order valence-electron chi connectivity index (χ1n) is 9.63. The molecule has 7 nitrogen and oxygen atoms in total. The van der Waals surface area contributed by atoms with Crippen molar-refractivity contribution in [2.45, 2.75) is 50.0 Å². The first-order valence-corrected chi connectivity index (χ1v) is 11.0. The molecular weight excluding hydrogens is 413 g/mol. The molecule has 1 aromatic carbocycles. The second-order valence-corrected chi connectivity index (χ2v) is 8.88. The normalized spacial score (nSPS) is 18.9. The van der Waals surface area contributed by atoms with Crippen molar-refractivity contribution in [1.29, 1.82) is 0 Å². The van der Waals surface area contributed by atoms with Crippen molar-refractivity contribution < 1.29 is 18.8 Å². The number of H-pyrrole nitrogens is 1. The van der Waals surface area contributed by atoms with E-state index < -0.39 is 17.0 Å². The number of hydrogen-bond donors (Lipinski definition) is 1. The van der Waals surface area contributed by atoms with Gasteiger partial charge in [-0.3, -0.25) is 9.97 Å². The average Bonchev–Trinajstić information content (AvgIpc) is 3.27. The molecule has 1 N–H and O–H groups in total. The zero-order valence-electron chi connectivity index (χ0n) is 17.8. The summed E-state index contributed by atoms with van der Waals surface area (Å²) < 4.78 is 30.1. The summed E-state index contributed by atoms with van der Waals surface area (Å²) in [5.41, 5.74) is 3.31. The number of rotatable bonds is 7. The number of fused-ring (bicyclic) bond motifs is 1. The van der Waals surface area contributed by atoms with E-state index in [0.29, 0.717) is 18.4 Å². The summed E-state index contributed by atoms with van der Waals surface area (Å²) in [7, 11) is 0. The van der Waals surface area contributed by atoms with Crippen LogP contribution in [0, 0.1) is 6.92 Å². The van der Waals surface area contributed by atoms with Crippen LogP contribution in [0.2, 0.25) is 0 Å². The van der Waals surface area contributed by atoms with E-state index in [1.807, 2.05) is 51.1 Å². The fourth-order valence-corrected chi connectivity index (χ4v) is 4.40. The van der Waals surface area contributed by atoms with Gasteiger partial charge in [0.1, 0.15) is 5.75 Å². The third-order valence-corrected chi connectivity index (χ3v) is 6.03. The monoisotopic (exact) mass is 438 g/mol. The minimum atomic E-state index is -1.32. The largest absolute Gasteiger partial charge is 0.609 e. The number of aromatic amines is 1. The predicted octanol–water partition coefficient (Wildman–Crippen LogP) is 3.11. The van der Waals surface area contributed by atoms with E-state index in [2.05, 4.69) is 15.0 Å². The maximum atomic E-state index is 12.8. The second kappa shape index (κ2) is 9.99. The van der Waals surface area contributed by atoms with Gasteiger partial charge in [0.05, 0.1) is 36.0 Å². The zero-order chi connectivity index (χ0) is 20.4. The van der Waals surface area contributed by atoms with Gasteiger partial charge < -0.3 is 18.8 Å². The number of aromatic nitrogens is 3. The molecule has 4 rings (SSSR count). The Hall–Kier alpha value is -1.13. The number of para-hydroxylation sites is 2. The van der Waals surface area contributed by atoms with Gasteiger partial charge >= 0.3 is 5.16 Å². The summed E-state index contributed by atoms with van der Waals surface area (Å²) in [5.74, 6) is 0.497. The number of pyridine rings is 1. The number of hydrogen-bond acceptors (Lipinski definition) is 6. The number of nitrogens with one attached hydrogen (secondary N) is 1. The van der Waals surface area contributed by atoms with Crippen molar-refractivity contribution in [3.8, 4) is 5.75 Å². The van der Waals surface area contributed by atoms with Crippen molar-refractivity contribution in [2.75, 3.05) is 13.2 Å². The number of benzene rings is 1. The third kappa shape index (κ3) is 5.56. The van der Waals surface area contributed by atoms with Crippen molar-refractivity contribution in [1.82, 2.24) is 15.0 Å². The van der Waals surface area contributed by atoms with Gasteiger partial charge in [-0.05, 0) is 39.0 Å².